The van der Waals surface area contributed by atoms with Crippen molar-refractivity contribution in [3.05, 3.63) is 53.9 Å². The Bertz CT molecular complexity index is 812. The molecule has 0 saturated carbocycles. The molecule has 1 aliphatic heterocycles. The first kappa shape index (κ1) is 18.7. The Labute approximate surface area is 158 Å². The zero-order chi connectivity index (χ0) is 19.1. The van der Waals surface area contributed by atoms with Crippen LogP contribution < -0.4 is 9.47 Å². The summed E-state index contributed by atoms with van der Waals surface area (Å²) < 4.78 is 10.8. The quantitative estimate of drug-likeness (QED) is 0.774. The molecule has 0 atom stereocenters. The number of nitrogens with zero attached hydrogens (tertiary/aromatic N) is 4. The van der Waals surface area contributed by atoms with Crippen molar-refractivity contribution in [2.45, 2.75) is 6.54 Å². The van der Waals surface area contributed by atoms with Crippen molar-refractivity contribution in [1.29, 1.82) is 5.26 Å². The minimum Gasteiger partial charge on any atom is -0.493 e. The Morgan fingerprint density at radius 3 is 2.67 bits per heavy atom. The number of hydrogen-bond donors (Lipinski definition) is 0. The van der Waals surface area contributed by atoms with Crippen molar-refractivity contribution in [3.63, 3.8) is 0 Å². The highest BCUT2D eigenvalue weighted by molar-refractivity contribution is 5.78. The van der Waals surface area contributed by atoms with Crippen LogP contribution in [0.15, 0.2) is 42.6 Å². The van der Waals surface area contributed by atoms with Crippen LogP contribution >= 0.6 is 0 Å². The molecule has 2 aromatic rings. The van der Waals surface area contributed by atoms with Gasteiger partial charge in [0.15, 0.2) is 18.1 Å². The number of ether oxygens (including phenoxy) is 2. The van der Waals surface area contributed by atoms with Gasteiger partial charge in [0.25, 0.3) is 5.91 Å². The van der Waals surface area contributed by atoms with E-state index in [1.807, 2.05) is 29.2 Å². The molecule has 1 aliphatic rings. The zero-order valence-electron chi connectivity index (χ0n) is 15.3. The molecule has 1 fully saturated rings. The van der Waals surface area contributed by atoms with E-state index in [2.05, 4.69) is 9.88 Å². The van der Waals surface area contributed by atoms with Crippen LogP contribution in [0, 0.1) is 11.3 Å². The first-order chi connectivity index (χ1) is 13.2. The maximum atomic E-state index is 12.4. The van der Waals surface area contributed by atoms with Crippen LogP contribution in [-0.4, -0.2) is 60.6 Å². The third kappa shape index (κ3) is 4.96. The van der Waals surface area contributed by atoms with Crippen molar-refractivity contribution in [3.8, 4) is 17.6 Å². The van der Waals surface area contributed by atoms with Gasteiger partial charge in [0.2, 0.25) is 0 Å². The summed E-state index contributed by atoms with van der Waals surface area (Å²) in [4.78, 5) is 20.9. The Morgan fingerprint density at radius 1 is 1.19 bits per heavy atom. The summed E-state index contributed by atoms with van der Waals surface area (Å²) in [7, 11) is 1.51. The van der Waals surface area contributed by atoms with E-state index in [1.54, 1.807) is 24.4 Å². The molecule has 1 aromatic heterocycles. The second-order valence-electron chi connectivity index (χ2n) is 6.24. The monoisotopic (exact) mass is 366 g/mol. The van der Waals surface area contributed by atoms with Crippen molar-refractivity contribution in [2.24, 2.45) is 0 Å². The number of methoxy groups -OCH3 is 1. The highest BCUT2D eigenvalue weighted by Crippen LogP contribution is 2.27. The molecule has 1 aromatic carbocycles. The Kier molecular flexibility index (Phi) is 6.23. The highest BCUT2D eigenvalue weighted by Gasteiger charge is 2.22. The van der Waals surface area contributed by atoms with Gasteiger partial charge in [-0.25, -0.2) is 0 Å². The van der Waals surface area contributed by atoms with Gasteiger partial charge in [-0.1, -0.05) is 6.07 Å². The molecule has 27 heavy (non-hydrogen) atoms. The van der Waals surface area contributed by atoms with Crippen LogP contribution in [0.3, 0.4) is 0 Å². The average Bonchev–Trinajstić information content (AvgIpc) is 2.73. The maximum absolute atomic E-state index is 12.4. The molecule has 140 valence electrons. The predicted octanol–water partition coefficient (Wildman–Crippen LogP) is 1.69. The number of pyridine rings is 1. The Morgan fingerprint density at radius 2 is 2.00 bits per heavy atom. The molecule has 1 amide bonds. The smallest absolute Gasteiger partial charge is 0.260 e. The van der Waals surface area contributed by atoms with Gasteiger partial charge in [0.05, 0.1) is 24.4 Å². The predicted molar refractivity (Wildman–Crippen MR) is 99.3 cm³/mol. The summed E-state index contributed by atoms with van der Waals surface area (Å²) in [6.07, 6.45) is 1.80. The lowest BCUT2D eigenvalue weighted by molar-refractivity contribution is -0.135. The molecule has 0 unspecified atom stereocenters. The van der Waals surface area contributed by atoms with Crippen LogP contribution in [0.5, 0.6) is 11.5 Å². The molecule has 0 aliphatic carbocycles. The van der Waals surface area contributed by atoms with Crippen molar-refractivity contribution < 1.29 is 14.3 Å². The van der Waals surface area contributed by atoms with Gasteiger partial charge in [-0.05, 0) is 24.3 Å². The molecular weight excluding hydrogens is 344 g/mol. The lowest BCUT2D eigenvalue weighted by atomic mass is 10.2. The molecule has 1 saturated heterocycles. The number of benzene rings is 1. The van der Waals surface area contributed by atoms with Gasteiger partial charge in [0, 0.05) is 45.0 Å². The van der Waals surface area contributed by atoms with Gasteiger partial charge in [0.1, 0.15) is 0 Å². The molecule has 3 rings (SSSR count). The molecule has 0 spiro atoms. The second-order valence-corrected chi connectivity index (χ2v) is 6.24. The summed E-state index contributed by atoms with van der Waals surface area (Å²) in [6.45, 7) is 3.69. The minimum absolute atomic E-state index is 0.0531. The van der Waals surface area contributed by atoms with E-state index in [1.165, 1.54) is 7.11 Å². The molecular formula is C20H22N4O3. The average molecular weight is 366 g/mol. The lowest BCUT2D eigenvalue weighted by Gasteiger charge is -2.34. The van der Waals surface area contributed by atoms with Gasteiger partial charge in [-0.15, -0.1) is 0 Å². The topological polar surface area (TPSA) is 78.7 Å². The normalized spacial score (nSPS) is 14.4. The number of rotatable bonds is 6. The SMILES string of the molecule is COc1cc(C#N)ccc1OCC(=O)N1CCN(Cc2ccccn2)CC1. The van der Waals surface area contributed by atoms with E-state index in [9.17, 15) is 4.79 Å². The van der Waals surface area contributed by atoms with Crippen LogP contribution in [-0.2, 0) is 11.3 Å². The molecule has 0 radical (unpaired) electrons. The van der Waals surface area contributed by atoms with Crippen molar-refractivity contribution in [1.82, 2.24) is 14.8 Å². The van der Waals surface area contributed by atoms with E-state index in [0.717, 1.165) is 25.3 Å². The Hall–Kier alpha value is -3.11. The van der Waals surface area contributed by atoms with Gasteiger partial charge < -0.3 is 14.4 Å². The van der Waals surface area contributed by atoms with E-state index in [4.69, 9.17) is 14.7 Å². The summed E-state index contributed by atoms with van der Waals surface area (Å²) in [6, 6.07) is 12.8. The van der Waals surface area contributed by atoms with Gasteiger partial charge >= 0.3 is 0 Å². The molecule has 0 N–H and O–H groups in total. The second kappa shape index (κ2) is 9.01. The first-order valence-corrected chi connectivity index (χ1v) is 8.80. The maximum Gasteiger partial charge on any atom is 0.260 e. The molecule has 2 heterocycles. The highest BCUT2D eigenvalue weighted by atomic mass is 16.5. The fourth-order valence-corrected chi connectivity index (χ4v) is 2.96. The minimum atomic E-state index is -0.0566. The zero-order valence-corrected chi connectivity index (χ0v) is 15.3. The van der Waals surface area contributed by atoms with Crippen LogP contribution in [0.2, 0.25) is 0 Å². The van der Waals surface area contributed by atoms with Crippen LogP contribution in [0.25, 0.3) is 0 Å². The van der Waals surface area contributed by atoms with E-state index in [-0.39, 0.29) is 12.5 Å². The van der Waals surface area contributed by atoms with Crippen molar-refractivity contribution in [2.75, 3.05) is 39.9 Å². The fourth-order valence-electron chi connectivity index (χ4n) is 2.96. The van der Waals surface area contributed by atoms with Gasteiger partial charge in [-0.3, -0.25) is 14.7 Å². The first-order valence-electron chi connectivity index (χ1n) is 8.80. The van der Waals surface area contributed by atoms with E-state index >= 15 is 0 Å². The third-order valence-corrected chi connectivity index (χ3v) is 4.48. The largest absolute Gasteiger partial charge is 0.493 e. The summed E-state index contributed by atoms with van der Waals surface area (Å²) in [5.41, 5.74) is 1.52. The molecule has 0 bridgehead atoms. The summed E-state index contributed by atoms with van der Waals surface area (Å²) in [5.74, 6) is 0.847. The number of piperazine rings is 1. The number of carbonyl (C=O) groups is 1. The standard InChI is InChI=1S/C20H22N4O3/c1-26-19-12-16(13-21)5-6-18(19)27-15-20(25)24-10-8-23(9-11-24)14-17-4-2-3-7-22-17/h2-7,12H,8-11,14-15H2,1H3. The molecule has 7 nitrogen and oxygen atoms in total. The molecule has 7 heteroatoms. The number of aromatic nitrogens is 1. The van der Waals surface area contributed by atoms with E-state index in [0.29, 0.717) is 30.2 Å². The van der Waals surface area contributed by atoms with E-state index < -0.39 is 0 Å². The number of amides is 1. The number of carbonyl (C=O) groups excluding carboxylic acids is 1. The van der Waals surface area contributed by atoms with Crippen LogP contribution in [0.4, 0.5) is 0 Å². The van der Waals surface area contributed by atoms with Gasteiger partial charge in [-0.2, -0.15) is 5.26 Å². The Balaban J connectivity index is 1.48. The van der Waals surface area contributed by atoms with Crippen molar-refractivity contribution >= 4 is 5.91 Å². The number of nitriles is 1. The third-order valence-electron chi connectivity index (χ3n) is 4.48. The van der Waals surface area contributed by atoms with Crippen LogP contribution in [0.1, 0.15) is 11.3 Å². The lowest BCUT2D eigenvalue weighted by Crippen LogP contribution is -2.49. The number of hydrogen-bond acceptors (Lipinski definition) is 6. The summed E-state index contributed by atoms with van der Waals surface area (Å²) >= 11 is 0. The summed E-state index contributed by atoms with van der Waals surface area (Å²) in [5, 5.41) is 8.94. The fraction of sp³-hybridized carbons (Fsp3) is 0.350.